The second kappa shape index (κ2) is 8.86. The van der Waals surface area contributed by atoms with E-state index in [0.29, 0.717) is 0 Å². The van der Waals surface area contributed by atoms with Crippen LogP contribution in [-0.4, -0.2) is 10.2 Å². The highest BCUT2D eigenvalue weighted by atomic mass is 32.1. The van der Waals surface area contributed by atoms with E-state index in [4.69, 9.17) is 0 Å². The summed E-state index contributed by atoms with van der Waals surface area (Å²) in [6, 6.07) is 24.1. The average Bonchev–Trinajstić information content (AvgIpc) is 3.62. The van der Waals surface area contributed by atoms with Crippen molar-refractivity contribution in [1.29, 1.82) is 0 Å². The van der Waals surface area contributed by atoms with Crippen LogP contribution in [0.25, 0.3) is 0 Å². The Labute approximate surface area is 216 Å². The summed E-state index contributed by atoms with van der Waals surface area (Å²) in [5.41, 5.74) is -0.861. The highest BCUT2D eigenvalue weighted by Gasteiger charge is 2.39. The van der Waals surface area contributed by atoms with E-state index in [1.165, 1.54) is 0 Å². The Kier molecular flexibility index (Phi) is 6.17. The van der Waals surface area contributed by atoms with Crippen LogP contribution in [0.5, 0.6) is 0 Å². The van der Waals surface area contributed by atoms with Gasteiger partial charge in [0, 0.05) is 39.0 Å². The summed E-state index contributed by atoms with van der Waals surface area (Å²) in [4.78, 5) is 8.25. The molecule has 0 unspecified atom stereocenters. The fraction of sp³-hybridized carbons (Fsp3) is 0.214. The Bertz CT molecular complexity index is 1240. The Balaban J connectivity index is 1.65. The number of hydrogen-bond donors (Lipinski definition) is 2. The monoisotopic (exact) mass is 522 g/mol. The molecule has 0 spiro atoms. The molecule has 4 aromatic heterocycles. The number of aryl methyl sites for hydroxylation is 4. The second-order valence-corrected chi connectivity index (χ2v) is 13.8. The SMILES string of the molecule is Cc1ccc(C(O)(c2ccc(C(O)(c3ccc(C)s3)c3ccc(C)s3)cc2)c2ccc(C)s2)s1. The van der Waals surface area contributed by atoms with E-state index in [2.05, 4.69) is 52.0 Å². The molecule has 0 aliphatic carbocycles. The van der Waals surface area contributed by atoms with Crippen molar-refractivity contribution in [3.8, 4) is 0 Å². The summed E-state index contributed by atoms with van der Waals surface area (Å²) < 4.78 is 0. The normalized spacial score (nSPS) is 12.4. The first-order valence-corrected chi connectivity index (χ1v) is 14.3. The van der Waals surface area contributed by atoms with E-state index in [0.717, 1.165) is 50.1 Å². The van der Waals surface area contributed by atoms with E-state index >= 15 is 0 Å². The van der Waals surface area contributed by atoms with Gasteiger partial charge in [0.05, 0.1) is 0 Å². The van der Waals surface area contributed by atoms with Crippen molar-refractivity contribution in [2.45, 2.75) is 38.9 Å². The number of aliphatic hydroxyl groups is 2. The molecule has 0 saturated heterocycles. The fourth-order valence-corrected chi connectivity index (χ4v) is 8.39. The topological polar surface area (TPSA) is 40.5 Å². The van der Waals surface area contributed by atoms with E-state index in [1.54, 1.807) is 45.3 Å². The van der Waals surface area contributed by atoms with E-state index in [9.17, 15) is 10.2 Å². The summed E-state index contributed by atoms with van der Waals surface area (Å²) in [5.74, 6) is 0. The number of thiophene rings is 4. The number of hydrogen-bond acceptors (Lipinski definition) is 6. The van der Waals surface area contributed by atoms with Gasteiger partial charge >= 0.3 is 0 Å². The summed E-state index contributed by atoms with van der Waals surface area (Å²) in [7, 11) is 0. The molecule has 174 valence electrons. The van der Waals surface area contributed by atoms with Crippen LogP contribution in [0.4, 0.5) is 0 Å². The highest BCUT2D eigenvalue weighted by Crippen LogP contribution is 2.46. The molecule has 6 heteroatoms. The minimum Gasteiger partial charge on any atom is -0.374 e. The molecule has 0 aliphatic heterocycles. The molecule has 5 aromatic rings. The summed E-state index contributed by atoms with van der Waals surface area (Å²) in [5, 5.41) is 24.3. The second-order valence-electron chi connectivity index (χ2n) is 8.64. The first-order valence-electron chi connectivity index (χ1n) is 11.0. The zero-order valence-electron chi connectivity index (χ0n) is 19.5. The van der Waals surface area contributed by atoms with Crippen LogP contribution in [0, 0.1) is 27.7 Å². The molecule has 2 nitrogen and oxygen atoms in total. The summed E-state index contributed by atoms with van der Waals surface area (Å²) in [6.45, 7) is 8.24. The van der Waals surface area contributed by atoms with Gasteiger partial charge in [0.25, 0.3) is 0 Å². The van der Waals surface area contributed by atoms with Gasteiger partial charge in [-0.25, -0.2) is 0 Å². The average molecular weight is 523 g/mol. The first kappa shape index (κ1) is 23.7. The van der Waals surface area contributed by atoms with Gasteiger partial charge in [0.2, 0.25) is 0 Å². The van der Waals surface area contributed by atoms with E-state index in [1.807, 2.05) is 48.5 Å². The van der Waals surface area contributed by atoms with Crippen molar-refractivity contribution >= 4 is 45.3 Å². The molecule has 0 aliphatic rings. The van der Waals surface area contributed by atoms with Gasteiger partial charge in [-0.1, -0.05) is 24.3 Å². The Hall–Kier alpha value is -2.06. The number of rotatable bonds is 6. The molecule has 34 heavy (non-hydrogen) atoms. The minimum absolute atomic E-state index is 0.798. The van der Waals surface area contributed by atoms with Gasteiger partial charge in [-0.3, -0.25) is 0 Å². The Morgan fingerprint density at radius 1 is 0.412 bits per heavy atom. The van der Waals surface area contributed by atoms with Crippen LogP contribution >= 0.6 is 45.3 Å². The maximum Gasteiger partial charge on any atom is 0.158 e. The van der Waals surface area contributed by atoms with E-state index < -0.39 is 11.2 Å². The van der Waals surface area contributed by atoms with Gasteiger partial charge in [-0.15, -0.1) is 45.3 Å². The van der Waals surface area contributed by atoms with Crippen molar-refractivity contribution in [3.63, 3.8) is 0 Å². The maximum absolute atomic E-state index is 12.1. The molecule has 0 amide bonds. The van der Waals surface area contributed by atoms with Crippen molar-refractivity contribution < 1.29 is 10.2 Å². The van der Waals surface area contributed by atoms with Crippen LogP contribution < -0.4 is 0 Å². The van der Waals surface area contributed by atoms with Gasteiger partial charge in [-0.05, 0) is 87.4 Å². The predicted molar refractivity (Wildman–Crippen MR) is 147 cm³/mol. The highest BCUT2D eigenvalue weighted by molar-refractivity contribution is 7.14. The standard InChI is InChI=1S/C28H26O2S4/c1-17-5-13-23(31-17)27(29,24-14-6-18(2)32-24)21-9-11-22(12-10-21)28(30,25-15-7-19(3)33-25)26-16-8-20(4)34-26/h5-16,29-30H,1-4H3. The molecule has 0 fully saturated rings. The van der Waals surface area contributed by atoms with Crippen LogP contribution in [-0.2, 0) is 11.2 Å². The zero-order valence-corrected chi connectivity index (χ0v) is 22.7. The molecular formula is C28H26O2S4. The van der Waals surface area contributed by atoms with E-state index in [-0.39, 0.29) is 0 Å². The maximum atomic E-state index is 12.1. The van der Waals surface area contributed by atoms with Crippen LogP contribution in [0.1, 0.15) is 50.1 Å². The van der Waals surface area contributed by atoms with Gasteiger partial charge in [-0.2, -0.15) is 0 Å². The summed E-state index contributed by atoms with van der Waals surface area (Å²) >= 11 is 6.45. The van der Waals surface area contributed by atoms with Gasteiger partial charge < -0.3 is 10.2 Å². The molecule has 2 N–H and O–H groups in total. The lowest BCUT2D eigenvalue weighted by Crippen LogP contribution is -2.29. The van der Waals surface area contributed by atoms with Crippen molar-refractivity contribution in [1.82, 2.24) is 0 Å². The van der Waals surface area contributed by atoms with Gasteiger partial charge in [0.15, 0.2) is 11.2 Å². The Morgan fingerprint density at radius 3 is 0.824 bits per heavy atom. The summed E-state index contributed by atoms with van der Waals surface area (Å²) in [6.07, 6.45) is 0. The molecular weight excluding hydrogens is 497 g/mol. The smallest absolute Gasteiger partial charge is 0.158 e. The molecule has 0 radical (unpaired) electrons. The molecule has 0 atom stereocenters. The van der Waals surface area contributed by atoms with Crippen LogP contribution in [0.2, 0.25) is 0 Å². The lowest BCUT2D eigenvalue weighted by Gasteiger charge is -2.30. The third-order valence-corrected chi connectivity index (χ3v) is 10.5. The quantitative estimate of drug-likeness (QED) is 0.239. The lowest BCUT2D eigenvalue weighted by molar-refractivity contribution is 0.129. The van der Waals surface area contributed by atoms with Crippen molar-refractivity contribution in [3.05, 3.63) is 123 Å². The molecule has 0 saturated carbocycles. The largest absolute Gasteiger partial charge is 0.374 e. The first-order chi connectivity index (χ1) is 16.2. The molecule has 5 rings (SSSR count). The van der Waals surface area contributed by atoms with Crippen molar-refractivity contribution in [2.75, 3.05) is 0 Å². The number of benzene rings is 1. The third-order valence-electron chi connectivity index (χ3n) is 6.11. The fourth-order valence-electron chi connectivity index (χ4n) is 4.28. The predicted octanol–water partition coefficient (Wildman–Crippen LogP) is 7.73. The Morgan fingerprint density at radius 2 is 0.647 bits per heavy atom. The molecule has 1 aromatic carbocycles. The zero-order chi connectivity index (χ0) is 24.1. The minimum atomic E-state index is -1.23. The lowest BCUT2D eigenvalue weighted by atomic mass is 9.85. The molecule has 4 heterocycles. The van der Waals surface area contributed by atoms with Crippen LogP contribution in [0.3, 0.4) is 0 Å². The molecule has 0 bridgehead atoms. The third kappa shape index (κ3) is 3.92. The van der Waals surface area contributed by atoms with Gasteiger partial charge in [0.1, 0.15) is 0 Å². The van der Waals surface area contributed by atoms with Crippen molar-refractivity contribution in [2.24, 2.45) is 0 Å². The van der Waals surface area contributed by atoms with Crippen LogP contribution in [0.15, 0.2) is 72.8 Å².